The van der Waals surface area contributed by atoms with Crippen molar-refractivity contribution >= 4 is 16.8 Å². The van der Waals surface area contributed by atoms with Gasteiger partial charge >= 0.3 is 0 Å². The molecule has 1 N–H and O–H groups in total. The summed E-state index contributed by atoms with van der Waals surface area (Å²) in [7, 11) is 1.68. The molecule has 2 heterocycles. The van der Waals surface area contributed by atoms with E-state index in [0.29, 0.717) is 5.92 Å². The van der Waals surface area contributed by atoms with Crippen LogP contribution < -0.4 is 9.47 Å². The number of piperidine rings is 1. The number of methoxy groups -OCH3 is 1. The number of hydrogen-bond donors (Lipinski definition) is 1. The third-order valence-corrected chi connectivity index (χ3v) is 5.45. The van der Waals surface area contributed by atoms with Crippen molar-refractivity contribution < 1.29 is 14.3 Å². The molecule has 1 aromatic heterocycles. The number of nitrogens with zero attached hydrogens (tertiary/aromatic N) is 1. The van der Waals surface area contributed by atoms with Crippen LogP contribution >= 0.6 is 0 Å². The molecule has 3 aromatic rings. The summed E-state index contributed by atoms with van der Waals surface area (Å²) in [6.45, 7) is 3.63. The third-order valence-electron chi connectivity index (χ3n) is 5.45. The number of benzene rings is 2. The zero-order chi connectivity index (χ0) is 19.5. The zero-order valence-electron chi connectivity index (χ0n) is 16.4. The highest BCUT2D eigenvalue weighted by molar-refractivity contribution is 5.82. The highest BCUT2D eigenvalue weighted by Crippen LogP contribution is 2.30. The second kappa shape index (κ2) is 7.97. The fourth-order valence-electron chi connectivity index (χ4n) is 3.81. The summed E-state index contributed by atoms with van der Waals surface area (Å²) < 4.78 is 11.0. The average Bonchev–Trinajstić information content (AvgIpc) is 3.16. The molecule has 0 bridgehead atoms. The van der Waals surface area contributed by atoms with Crippen molar-refractivity contribution in [1.29, 1.82) is 0 Å². The highest BCUT2D eigenvalue weighted by atomic mass is 16.5. The number of fused-ring (bicyclic) bond motifs is 1. The van der Waals surface area contributed by atoms with Crippen LogP contribution in [0, 0.1) is 6.92 Å². The lowest BCUT2D eigenvalue weighted by atomic mass is 9.94. The first-order valence-electron chi connectivity index (χ1n) is 9.76. The molecular formula is C23H26N2O3. The van der Waals surface area contributed by atoms with E-state index in [1.807, 2.05) is 54.3 Å². The lowest BCUT2D eigenvalue weighted by molar-refractivity contribution is -0.134. The van der Waals surface area contributed by atoms with Crippen molar-refractivity contribution in [3.05, 3.63) is 59.8 Å². The van der Waals surface area contributed by atoms with E-state index in [-0.39, 0.29) is 12.5 Å². The van der Waals surface area contributed by atoms with Crippen molar-refractivity contribution in [3.63, 3.8) is 0 Å². The maximum atomic E-state index is 12.6. The first kappa shape index (κ1) is 18.4. The average molecular weight is 378 g/mol. The third kappa shape index (κ3) is 3.98. The number of aromatic amines is 1. The number of carbonyl (C=O) groups excluding carboxylic acids is 1. The molecule has 1 amide bonds. The van der Waals surface area contributed by atoms with Gasteiger partial charge in [0, 0.05) is 35.6 Å². The van der Waals surface area contributed by atoms with Gasteiger partial charge in [0.2, 0.25) is 0 Å². The van der Waals surface area contributed by atoms with Crippen LogP contribution in [0.25, 0.3) is 10.9 Å². The van der Waals surface area contributed by atoms with Crippen LogP contribution in [-0.2, 0) is 4.79 Å². The summed E-state index contributed by atoms with van der Waals surface area (Å²) in [6, 6.07) is 16.0. The maximum absolute atomic E-state index is 12.6. The topological polar surface area (TPSA) is 54.6 Å². The van der Waals surface area contributed by atoms with Gasteiger partial charge in [0.05, 0.1) is 7.11 Å². The number of H-pyrrole nitrogens is 1. The quantitative estimate of drug-likeness (QED) is 0.721. The lowest BCUT2D eigenvalue weighted by Crippen LogP contribution is -2.41. The summed E-state index contributed by atoms with van der Waals surface area (Å²) in [5.74, 6) is 1.95. The standard InChI is InChI=1S/C23H26N2O3/c1-16-5-7-19(8-6-16)28-15-23(26)25-11-3-4-17(14-25)22-13-18-12-20(27-2)9-10-21(18)24-22/h5-10,12-13,17,24H,3-4,11,14-15H2,1-2H3. The Labute approximate surface area is 165 Å². The molecule has 1 saturated heterocycles. The molecule has 2 aromatic carbocycles. The number of rotatable bonds is 5. The number of carbonyl (C=O) groups is 1. The van der Waals surface area contributed by atoms with Crippen LogP contribution in [0.5, 0.6) is 11.5 Å². The molecule has 5 nitrogen and oxygen atoms in total. The van der Waals surface area contributed by atoms with Crippen molar-refractivity contribution in [3.8, 4) is 11.5 Å². The summed E-state index contributed by atoms with van der Waals surface area (Å²) in [6.07, 6.45) is 2.08. The van der Waals surface area contributed by atoms with E-state index in [4.69, 9.17) is 9.47 Å². The minimum Gasteiger partial charge on any atom is -0.497 e. The molecule has 1 unspecified atom stereocenters. The molecule has 0 radical (unpaired) electrons. The fraction of sp³-hybridized carbons (Fsp3) is 0.348. The number of ether oxygens (including phenoxy) is 2. The van der Waals surface area contributed by atoms with Gasteiger partial charge < -0.3 is 19.4 Å². The van der Waals surface area contributed by atoms with Crippen molar-refractivity contribution in [2.75, 3.05) is 26.8 Å². The van der Waals surface area contributed by atoms with Crippen LogP contribution in [0.4, 0.5) is 0 Å². The summed E-state index contributed by atoms with van der Waals surface area (Å²) in [5, 5.41) is 1.14. The maximum Gasteiger partial charge on any atom is 0.260 e. The monoisotopic (exact) mass is 378 g/mol. The molecule has 1 aliphatic rings. The van der Waals surface area contributed by atoms with Gasteiger partial charge in [-0.25, -0.2) is 0 Å². The summed E-state index contributed by atoms with van der Waals surface area (Å²) in [4.78, 5) is 18.1. The Morgan fingerprint density at radius 1 is 1.14 bits per heavy atom. The SMILES string of the molecule is COc1ccc2[nH]c(C3CCCN(C(=O)COc4ccc(C)cc4)C3)cc2c1. The Hall–Kier alpha value is -2.95. The fourth-order valence-corrected chi connectivity index (χ4v) is 3.81. The van der Waals surface area contributed by atoms with E-state index in [2.05, 4.69) is 11.1 Å². The van der Waals surface area contributed by atoms with E-state index >= 15 is 0 Å². The van der Waals surface area contributed by atoms with Crippen molar-refractivity contribution in [2.24, 2.45) is 0 Å². The lowest BCUT2D eigenvalue weighted by Gasteiger charge is -2.32. The molecule has 146 valence electrons. The van der Waals surface area contributed by atoms with Gasteiger partial charge in [0.1, 0.15) is 11.5 Å². The van der Waals surface area contributed by atoms with Gasteiger partial charge in [-0.15, -0.1) is 0 Å². The normalized spacial score (nSPS) is 16.9. The van der Waals surface area contributed by atoms with Crippen LogP contribution in [0.15, 0.2) is 48.5 Å². The van der Waals surface area contributed by atoms with Gasteiger partial charge in [0.25, 0.3) is 5.91 Å². The van der Waals surface area contributed by atoms with Gasteiger partial charge in [-0.3, -0.25) is 4.79 Å². The number of likely N-dealkylation sites (tertiary alicyclic amines) is 1. The molecule has 4 rings (SSSR count). The van der Waals surface area contributed by atoms with Crippen LogP contribution in [0.1, 0.15) is 30.0 Å². The Morgan fingerprint density at radius 3 is 2.71 bits per heavy atom. The summed E-state index contributed by atoms with van der Waals surface area (Å²) in [5.41, 5.74) is 3.45. The molecule has 28 heavy (non-hydrogen) atoms. The van der Waals surface area contributed by atoms with E-state index < -0.39 is 0 Å². The second-order valence-corrected chi connectivity index (χ2v) is 7.46. The Kier molecular flexibility index (Phi) is 5.24. The first-order valence-corrected chi connectivity index (χ1v) is 9.76. The zero-order valence-corrected chi connectivity index (χ0v) is 16.4. The van der Waals surface area contributed by atoms with Crippen LogP contribution in [0.3, 0.4) is 0 Å². The van der Waals surface area contributed by atoms with E-state index in [0.717, 1.165) is 48.3 Å². The molecule has 0 aliphatic carbocycles. The van der Waals surface area contributed by atoms with Gasteiger partial charge in [-0.05, 0) is 56.2 Å². The minimum absolute atomic E-state index is 0.0445. The first-order chi connectivity index (χ1) is 13.6. The van der Waals surface area contributed by atoms with E-state index in [1.54, 1.807) is 7.11 Å². The number of amides is 1. The number of aryl methyl sites for hydroxylation is 1. The predicted octanol–water partition coefficient (Wildman–Crippen LogP) is 4.27. The number of nitrogens with one attached hydrogen (secondary N) is 1. The van der Waals surface area contributed by atoms with Crippen LogP contribution in [0.2, 0.25) is 0 Å². The highest BCUT2D eigenvalue weighted by Gasteiger charge is 2.26. The minimum atomic E-state index is 0.0445. The van der Waals surface area contributed by atoms with Crippen molar-refractivity contribution in [1.82, 2.24) is 9.88 Å². The molecule has 1 atom stereocenters. The molecule has 1 aliphatic heterocycles. The Balaban J connectivity index is 1.40. The Bertz CT molecular complexity index is 962. The molecule has 0 spiro atoms. The van der Waals surface area contributed by atoms with Gasteiger partial charge in [-0.1, -0.05) is 17.7 Å². The Morgan fingerprint density at radius 2 is 1.93 bits per heavy atom. The summed E-state index contributed by atoms with van der Waals surface area (Å²) >= 11 is 0. The van der Waals surface area contributed by atoms with E-state index in [9.17, 15) is 4.79 Å². The number of aromatic nitrogens is 1. The molecule has 0 saturated carbocycles. The largest absolute Gasteiger partial charge is 0.497 e. The van der Waals surface area contributed by atoms with E-state index in [1.165, 1.54) is 11.3 Å². The molecule has 1 fully saturated rings. The predicted molar refractivity (Wildman–Crippen MR) is 110 cm³/mol. The molecule has 5 heteroatoms. The smallest absolute Gasteiger partial charge is 0.260 e. The van der Waals surface area contributed by atoms with Gasteiger partial charge in [0.15, 0.2) is 6.61 Å². The van der Waals surface area contributed by atoms with Gasteiger partial charge in [-0.2, -0.15) is 0 Å². The second-order valence-electron chi connectivity index (χ2n) is 7.46. The molecular weight excluding hydrogens is 352 g/mol. The van der Waals surface area contributed by atoms with Crippen LogP contribution in [-0.4, -0.2) is 42.6 Å². The number of hydrogen-bond acceptors (Lipinski definition) is 3. The van der Waals surface area contributed by atoms with Crippen molar-refractivity contribution in [2.45, 2.75) is 25.7 Å².